The zero-order valence-electron chi connectivity index (χ0n) is 13.2. The van der Waals surface area contributed by atoms with Crippen molar-refractivity contribution >= 4 is 0 Å². The highest BCUT2D eigenvalue weighted by Crippen LogP contribution is 2.13. The van der Waals surface area contributed by atoms with Gasteiger partial charge in [-0.1, -0.05) is 37.6 Å². The normalized spacial score (nSPS) is 10.4. The van der Waals surface area contributed by atoms with E-state index in [-0.39, 0.29) is 0 Å². The summed E-state index contributed by atoms with van der Waals surface area (Å²) in [7, 11) is 0. The molecule has 116 valence electrons. The third-order valence-electron chi connectivity index (χ3n) is 3.54. The third kappa shape index (κ3) is 4.08. The van der Waals surface area contributed by atoms with E-state index in [1.807, 2.05) is 16.8 Å². The van der Waals surface area contributed by atoms with Crippen LogP contribution in [0.5, 0.6) is 5.75 Å². The predicted octanol–water partition coefficient (Wildman–Crippen LogP) is 3.13. The third-order valence-corrected chi connectivity index (χ3v) is 3.54. The molecule has 0 radical (unpaired) electrons. The van der Waals surface area contributed by atoms with E-state index in [4.69, 9.17) is 10.00 Å². The summed E-state index contributed by atoms with van der Waals surface area (Å²) >= 11 is 0. The fourth-order valence-electron chi connectivity index (χ4n) is 2.31. The van der Waals surface area contributed by atoms with Crippen LogP contribution >= 0.6 is 0 Å². The maximum Gasteiger partial charge on any atom is 0.185 e. The number of benzene rings is 1. The number of aryl methyl sites for hydroxylation is 2. The molecular weight excluding hydrogens is 276 g/mol. The lowest BCUT2D eigenvalue weighted by Crippen LogP contribution is -2.09. The molecule has 0 N–H and O–H groups in total. The summed E-state index contributed by atoms with van der Waals surface area (Å²) in [5.41, 5.74) is 2.68. The lowest BCUT2D eigenvalue weighted by Gasteiger charge is -2.08. The van der Waals surface area contributed by atoms with Crippen LogP contribution in [0.25, 0.3) is 0 Å². The molecule has 5 heteroatoms. The molecule has 0 unspecified atom stereocenters. The van der Waals surface area contributed by atoms with Gasteiger partial charge in [0.05, 0.1) is 12.3 Å². The molecule has 0 fully saturated rings. The van der Waals surface area contributed by atoms with Gasteiger partial charge in [-0.2, -0.15) is 5.26 Å². The smallest absolute Gasteiger partial charge is 0.185 e. The minimum Gasteiger partial charge on any atom is -0.494 e. The van der Waals surface area contributed by atoms with Gasteiger partial charge in [0.1, 0.15) is 11.8 Å². The molecule has 0 aliphatic rings. The van der Waals surface area contributed by atoms with Gasteiger partial charge in [-0.15, -0.1) is 5.10 Å². The Labute approximate surface area is 131 Å². The number of hydrogen-bond acceptors (Lipinski definition) is 4. The summed E-state index contributed by atoms with van der Waals surface area (Å²) < 4.78 is 7.56. The van der Waals surface area contributed by atoms with Gasteiger partial charge in [-0.25, -0.2) is 4.68 Å². The highest BCUT2D eigenvalue weighted by atomic mass is 16.5. The molecule has 0 atom stereocenters. The topological polar surface area (TPSA) is 63.7 Å². The van der Waals surface area contributed by atoms with Gasteiger partial charge >= 0.3 is 0 Å². The standard InChI is InChI=1S/C17H22N4O/c1-3-6-17-16(13-18)19-20-21(17)11-5-12-22-15-9-7-14(4-2)8-10-15/h7-10H,3-6,11-12H2,1-2H3. The van der Waals surface area contributed by atoms with E-state index in [1.54, 1.807) is 0 Å². The van der Waals surface area contributed by atoms with Crippen molar-refractivity contribution in [2.45, 2.75) is 46.1 Å². The summed E-state index contributed by atoms with van der Waals surface area (Å²) in [6.45, 7) is 5.56. The van der Waals surface area contributed by atoms with Crippen molar-refractivity contribution in [3.63, 3.8) is 0 Å². The van der Waals surface area contributed by atoms with Crippen LogP contribution in [-0.4, -0.2) is 21.6 Å². The molecule has 0 amide bonds. The first-order chi connectivity index (χ1) is 10.8. The lowest BCUT2D eigenvalue weighted by atomic mass is 10.2. The first-order valence-corrected chi connectivity index (χ1v) is 7.82. The van der Waals surface area contributed by atoms with E-state index in [1.165, 1.54) is 5.56 Å². The number of hydrogen-bond donors (Lipinski definition) is 0. The van der Waals surface area contributed by atoms with Gasteiger partial charge in [0.15, 0.2) is 5.69 Å². The maximum atomic E-state index is 9.03. The summed E-state index contributed by atoms with van der Waals surface area (Å²) in [4.78, 5) is 0. The van der Waals surface area contributed by atoms with E-state index < -0.39 is 0 Å². The average Bonchev–Trinajstić information content (AvgIpc) is 2.94. The summed E-state index contributed by atoms with van der Waals surface area (Å²) in [5, 5.41) is 17.0. The fourth-order valence-corrected chi connectivity index (χ4v) is 2.31. The summed E-state index contributed by atoms with van der Waals surface area (Å²) in [6.07, 6.45) is 3.67. The van der Waals surface area contributed by atoms with Crippen LogP contribution in [0.2, 0.25) is 0 Å². The second kappa shape index (κ2) is 8.18. The number of nitriles is 1. The first kappa shape index (κ1) is 16.0. The Balaban J connectivity index is 1.83. The Morgan fingerprint density at radius 2 is 2.00 bits per heavy atom. The van der Waals surface area contributed by atoms with Gasteiger partial charge < -0.3 is 4.74 Å². The second-order valence-corrected chi connectivity index (χ2v) is 5.17. The van der Waals surface area contributed by atoms with Crippen LogP contribution in [0, 0.1) is 11.3 Å². The molecule has 0 spiro atoms. The van der Waals surface area contributed by atoms with Crippen molar-refractivity contribution < 1.29 is 4.74 Å². The molecule has 0 saturated carbocycles. The van der Waals surface area contributed by atoms with Crippen LogP contribution in [-0.2, 0) is 19.4 Å². The Morgan fingerprint density at radius 3 is 2.64 bits per heavy atom. The molecule has 22 heavy (non-hydrogen) atoms. The van der Waals surface area contributed by atoms with Gasteiger partial charge in [-0.3, -0.25) is 0 Å². The molecule has 1 aromatic heterocycles. The SMILES string of the molecule is CCCc1c(C#N)nnn1CCCOc1ccc(CC)cc1. The fraction of sp³-hybridized carbons (Fsp3) is 0.471. The van der Waals surface area contributed by atoms with Crippen LogP contribution < -0.4 is 4.74 Å². The first-order valence-electron chi connectivity index (χ1n) is 7.82. The van der Waals surface area contributed by atoms with E-state index in [9.17, 15) is 0 Å². The van der Waals surface area contributed by atoms with Crippen LogP contribution in [0.15, 0.2) is 24.3 Å². The van der Waals surface area contributed by atoms with Crippen molar-refractivity contribution in [2.75, 3.05) is 6.61 Å². The molecule has 1 heterocycles. The zero-order valence-corrected chi connectivity index (χ0v) is 13.2. The quantitative estimate of drug-likeness (QED) is 0.702. The summed E-state index contributed by atoms with van der Waals surface area (Å²) in [6, 6.07) is 10.3. The Morgan fingerprint density at radius 1 is 1.23 bits per heavy atom. The molecule has 0 aliphatic carbocycles. The maximum absolute atomic E-state index is 9.03. The average molecular weight is 298 g/mol. The number of ether oxygens (including phenoxy) is 1. The van der Waals surface area contributed by atoms with Crippen LogP contribution in [0.3, 0.4) is 0 Å². The van der Waals surface area contributed by atoms with Gasteiger partial charge in [0, 0.05) is 13.0 Å². The van der Waals surface area contributed by atoms with Crippen molar-refractivity contribution in [1.82, 2.24) is 15.0 Å². The molecule has 2 rings (SSSR count). The minimum atomic E-state index is 0.443. The van der Waals surface area contributed by atoms with Crippen LogP contribution in [0.1, 0.15) is 43.6 Å². The number of rotatable bonds is 8. The molecule has 0 bridgehead atoms. The monoisotopic (exact) mass is 298 g/mol. The Bertz CT molecular complexity index is 625. The minimum absolute atomic E-state index is 0.443. The van der Waals surface area contributed by atoms with E-state index >= 15 is 0 Å². The van der Waals surface area contributed by atoms with E-state index in [0.29, 0.717) is 12.3 Å². The van der Waals surface area contributed by atoms with E-state index in [2.05, 4.69) is 42.4 Å². The zero-order chi connectivity index (χ0) is 15.8. The van der Waals surface area contributed by atoms with Gasteiger partial charge in [0.2, 0.25) is 0 Å². The molecule has 0 saturated heterocycles. The Kier molecular flexibility index (Phi) is 5.96. The predicted molar refractivity (Wildman–Crippen MR) is 84.7 cm³/mol. The largest absolute Gasteiger partial charge is 0.494 e. The van der Waals surface area contributed by atoms with Gasteiger partial charge in [0.25, 0.3) is 0 Å². The molecule has 0 aliphatic heterocycles. The molecule has 2 aromatic rings. The van der Waals surface area contributed by atoms with Crippen molar-refractivity contribution in [3.8, 4) is 11.8 Å². The highest BCUT2D eigenvalue weighted by molar-refractivity contribution is 5.27. The summed E-state index contributed by atoms with van der Waals surface area (Å²) in [5.74, 6) is 0.891. The van der Waals surface area contributed by atoms with Crippen molar-refractivity contribution in [1.29, 1.82) is 5.26 Å². The lowest BCUT2D eigenvalue weighted by molar-refractivity contribution is 0.296. The number of aromatic nitrogens is 3. The van der Waals surface area contributed by atoms with Crippen molar-refractivity contribution in [3.05, 3.63) is 41.2 Å². The molecule has 1 aromatic carbocycles. The molecule has 5 nitrogen and oxygen atoms in total. The second-order valence-electron chi connectivity index (χ2n) is 5.17. The Hall–Kier alpha value is -2.35. The number of nitrogens with zero attached hydrogens (tertiary/aromatic N) is 4. The molecular formula is C17H22N4O. The van der Waals surface area contributed by atoms with Crippen molar-refractivity contribution in [2.24, 2.45) is 0 Å². The van der Waals surface area contributed by atoms with Crippen LogP contribution in [0.4, 0.5) is 0 Å². The highest BCUT2D eigenvalue weighted by Gasteiger charge is 2.11. The van der Waals surface area contributed by atoms with E-state index in [0.717, 1.165) is 43.7 Å². The van der Waals surface area contributed by atoms with Gasteiger partial charge in [-0.05, 0) is 30.5 Å².